The molecule has 0 aliphatic carbocycles. The summed E-state index contributed by atoms with van der Waals surface area (Å²) in [5.41, 5.74) is 1.68. The zero-order valence-electron chi connectivity index (χ0n) is 16.2. The van der Waals surface area contributed by atoms with Crippen LogP contribution in [0.5, 0.6) is 11.5 Å². The number of para-hydroxylation sites is 1. The van der Waals surface area contributed by atoms with Crippen molar-refractivity contribution in [1.29, 1.82) is 0 Å². The second-order valence-corrected chi connectivity index (χ2v) is 6.57. The van der Waals surface area contributed by atoms with Crippen LogP contribution in [0.4, 0.5) is 0 Å². The lowest BCUT2D eigenvalue weighted by molar-refractivity contribution is 0.369. The van der Waals surface area contributed by atoms with Crippen LogP contribution in [0, 0.1) is 0 Å². The summed E-state index contributed by atoms with van der Waals surface area (Å²) in [7, 11) is 3.13. The van der Waals surface area contributed by atoms with Crippen LogP contribution in [0.2, 0.25) is 0 Å². The van der Waals surface area contributed by atoms with Gasteiger partial charge in [-0.1, -0.05) is 17.3 Å². The standard InChI is InChI=1S/C21H16N4O5/c1-27-13-7-12(8-14(9-13)28-2)20-23-17(30-24-20)10-25-11-22-18-15-5-3-4-6-16(15)29-19(18)21(25)26/h3-9,11H,10H2,1-2H3. The van der Waals surface area contributed by atoms with Gasteiger partial charge in [-0.25, -0.2) is 4.98 Å². The molecule has 3 heterocycles. The van der Waals surface area contributed by atoms with Crippen LogP contribution in [0.3, 0.4) is 0 Å². The lowest BCUT2D eigenvalue weighted by Crippen LogP contribution is -2.20. The van der Waals surface area contributed by atoms with Gasteiger partial charge < -0.3 is 18.4 Å². The van der Waals surface area contributed by atoms with E-state index in [4.69, 9.17) is 18.4 Å². The molecule has 0 amide bonds. The topological polar surface area (TPSA) is 105 Å². The summed E-state index contributed by atoms with van der Waals surface area (Å²) in [6, 6.07) is 12.7. The first-order chi connectivity index (χ1) is 14.7. The molecule has 150 valence electrons. The number of furan rings is 1. The van der Waals surface area contributed by atoms with E-state index in [1.807, 2.05) is 18.2 Å². The van der Waals surface area contributed by atoms with Crippen LogP contribution < -0.4 is 15.0 Å². The summed E-state index contributed by atoms with van der Waals surface area (Å²) in [5, 5.41) is 4.80. The van der Waals surface area contributed by atoms with Gasteiger partial charge >= 0.3 is 0 Å². The molecule has 0 aliphatic rings. The quantitative estimate of drug-likeness (QED) is 0.439. The van der Waals surface area contributed by atoms with Crippen molar-refractivity contribution in [3.63, 3.8) is 0 Å². The normalized spacial score (nSPS) is 11.3. The third kappa shape index (κ3) is 2.96. The highest BCUT2D eigenvalue weighted by molar-refractivity contribution is 6.01. The first-order valence-electron chi connectivity index (χ1n) is 9.09. The molecule has 0 saturated heterocycles. The molecular formula is C21H16N4O5. The molecule has 0 atom stereocenters. The zero-order chi connectivity index (χ0) is 20.7. The Morgan fingerprint density at radius 3 is 2.60 bits per heavy atom. The van der Waals surface area contributed by atoms with Gasteiger partial charge in [0.25, 0.3) is 5.56 Å². The number of hydrogen-bond donors (Lipinski definition) is 0. The van der Waals surface area contributed by atoms with E-state index in [0.29, 0.717) is 34.0 Å². The zero-order valence-corrected chi connectivity index (χ0v) is 16.2. The minimum absolute atomic E-state index is 0.0624. The van der Waals surface area contributed by atoms with Gasteiger partial charge in [0.05, 0.1) is 20.5 Å². The van der Waals surface area contributed by atoms with Crippen LogP contribution in [0.15, 0.2) is 62.5 Å². The maximum Gasteiger partial charge on any atom is 0.297 e. The van der Waals surface area contributed by atoms with Gasteiger partial charge in [0, 0.05) is 17.0 Å². The number of methoxy groups -OCH3 is 2. The fourth-order valence-electron chi connectivity index (χ4n) is 3.25. The third-order valence-corrected chi connectivity index (χ3v) is 4.73. The Labute approximate surface area is 169 Å². The highest BCUT2D eigenvalue weighted by Gasteiger charge is 2.16. The van der Waals surface area contributed by atoms with Crippen molar-refractivity contribution in [1.82, 2.24) is 19.7 Å². The third-order valence-electron chi connectivity index (χ3n) is 4.73. The molecule has 3 aromatic heterocycles. The Morgan fingerprint density at radius 1 is 1.07 bits per heavy atom. The highest BCUT2D eigenvalue weighted by Crippen LogP contribution is 2.28. The first kappa shape index (κ1) is 17.9. The molecule has 9 nitrogen and oxygen atoms in total. The highest BCUT2D eigenvalue weighted by atomic mass is 16.5. The second kappa shape index (κ2) is 7.03. The summed E-state index contributed by atoms with van der Waals surface area (Å²) in [4.78, 5) is 21.6. The van der Waals surface area contributed by atoms with Gasteiger partial charge in [-0.2, -0.15) is 4.98 Å². The molecular weight excluding hydrogens is 388 g/mol. The Morgan fingerprint density at radius 2 is 1.83 bits per heavy atom. The maximum atomic E-state index is 12.9. The number of rotatable bonds is 5. The minimum Gasteiger partial charge on any atom is -0.497 e. The van der Waals surface area contributed by atoms with Gasteiger partial charge in [0.15, 0.2) is 0 Å². The molecule has 5 rings (SSSR count). The summed E-state index contributed by atoms with van der Waals surface area (Å²) in [6.45, 7) is 0.0624. The molecule has 0 N–H and O–H groups in total. The van der Waals surface area contributed by atoms with Gasteiger partial charge in [-0.15, -0.1) is 0 Å². The van der Waals surface area contributed by atoms with Crippen molar-refractivity contribution < 1.29 is 18.4 Å². The summed E-state index contributed by atoms with van der Waals surface area (Å²) < 4.78 is 22.9. The van der Waals surface area contributed by atoms with Crippen molar-refractivity contribution in [3.8, 4) is 22.9 Å². The van der Waals surface area contributed by atoms with E-state index in [1.54, 1.807) is 38.5 Å². The summed E-state index contributed by atoms with van der Waals surface area (Å²) >= 11 is 0. The van der Waals surface area contributed by atoms with Gasteiger partial charge in [0.2, 0.25) is 17.3 Å². The smallest absolute Gasteiger partial charge is 0.297 e. The van der Waals surface area contributed by atoms with Crippen molar-refractivity contribution in [3.05, 3.63) is 65.0 Å². The van der Waals surface area contributed by atoms with E-state index >= 15 is 0 Å². The average Bonchev–Trinajstić information content (AvgIpc) is 3.40. The van der Waals surface area contributed by atoms with E-state index in [2.05, 4.69) is 15.1 Å². The number of nitrogens with zero attached hydrogens (tertiary/aromatic N) is 4. The average molecular weight is 404 g/mol. The van der Waals surface area contributed by atoms with Crippen LogP contribution in [-0.4, -0.2) is 33.9 Å². The molecule has 9 heteroatoms. The molecule has 0 radical (unpaired) electrons. The number of benzene rings is 2. The predicted molar refractivity (Wildman–Crippen MR) is 108 cm³/mol. The van der Waals surface area contributed by atoms with Crippen LogP contribution in [-0.2, 0) is 6.54 Å². The largest absolute Gasteiger partial charge is 0.497 e. The molecule has 5 aromatic rings. The molecule has 0 bridgehead atoms. The van der Waals surface area contributed by atoms with Crippen LogP contribution in [0.25, 0.3) is 33.5 Å². The van der Waals surface area contributed by atoms with Crippen molar-refractivity contribution >= 4 is 22.1 Å². The predicted octanol–water partition coefficient (Wildman–Crippen LogP) is 3.26. The Bertz CT molecular complexity index is 1410. The van der Waals surface area contributed by atoms with Crippen molar-refractivity contribution in [2.45, 2.75) is 6.54 Å². The minimum atomic E-state index is -0.320. The van der Waals surface area contributed by atoms with Crippen molar-refractivity contribution in [2.75, 3.05) is 14.2 Å². The molecule has 0 saturated carbocycles. The number of hydrogen-bond acceptors (Lipinski definition) is 8. The molecule has 0 unspecified atom stereocenters. The van der Waals surface area contributed by atoms with E-state index in [1.165, 1.54) is 10.9 Å². The fraction of sp³-hybridized carbons (Fsp3) is 0.143. The van der Waals surface area contributed by atoms with Gasteiger partial charge in [-0.3, -0.25) is 9.36 Å². The SMILES string of the molecule is COc1cc(OC)cc(-c2noc(Cn3cnc4c(oc5ccccc54)c3=O)n2)c1. The van der Waals surface area contributed by atoms with E-state index < -0.39 is 0 Å². The summed E-state index contributed by atoms with van der Waals surface area (Å²) in [6.07, 6.45) is 1.45. The van der Waals surface area contributed by atoms with E-state index in [9.17, 15) is 4.79 Å². The molecule has 0 spiro atoms. The summed E-state index contributed by atoms with van der Waals surface area (Å²) in [5.74, 6) is 1.82. The Hall–Kier alpha value is -4.14. The fourth-order valence-corrected chi connectivity index (χ4v) is 3.25. The molecule has 2 aromatic carbocycles. The number of fused-ring (bicyclic) bond motifs is 3. The lowest BCUT2D eigenvalue weighted by Gasteiger charge is -2.05. The van der Waals surface area contributed by atoms with Crippen molar-refractivity contribution in [2.24, 2.45) is 0 Å². The Balaban J connectivity index is 1.50. The lowest BCUT2D eigenvalue weighted by atomic mass is 10.2. The van der Waals surface area contributed by atoms with Crippen LogP contribution in [0.1, 0.15) is 5.89 Å². The molecule has 30 heavy (non-hydrogen) atoms. The maximum absolute atomic E-state index is 12.9. The van der Waals surface area contributed by atoms with Gasteiger partial charge in [0.1, 0.15) is 29.1 Å². The monoisotopic (exact) mass is 404 g/mol. The van der Waals surface area contributed by atoms with Crippen LogP contribution >= 0.6 is 0 Å². The first-order valence-corrected chi connectivity index (χ1v) is 9.09. The number of aromatic nitrogens is 4. The molecule has 0 aliphatic heterocycles. The molecule has 0 fully saturated rings. The van der Waals surface area contributed by atoms with E-state index in [-0.39, 0.29) is 23.6 Å². The Kier molecular flexibility index (Phi) is 4.20. The van der Waals surface area contributed by atoms with E-state index in [0.717, 1.165) is 5.39 Å². The van der Waals surface area contributed by atoms with Gasteiger partial charge in [-0.05, 0) is 24.3 Å². The number of ether oxygens (including phenoxy) is 2. The second-order valence-electron chi connectivity index (χ2n) is 6.57.